The molecule has 4 atom stereocenters. The molecule has 1 fully saturated rings. The molecule has 1 aliphatic heterocycles. The number of benzene rings is 5. The van der Waals surface area contributed by atoms with E-state index in [4.69, 9.17) is 9.47 Å². The molecular weight excluding hydrogens is 753 g/mol. The number of nitrogens with one attached hydrogen (secondary N) is 2. The standard InChI is InChI=1S/C41H40N6O7S2/c1-27-7-21-36(22-8-27)56(51,52)44-37(23-28-5-3-2-4-6-28)39(50)42-32-15-13-31(14-16-32)40-53-35(24-38(54-40)30-11-9-29(25-48)10-12-30)26-55-41-43-45-46-47(41)33-17-19-34(49)20-18-33/h2-22,35,37-38,40,44,48-49H,23-26H2,1H3,(H,42,50)/t35-,37+,38+,40+/m0/s1. The molecule has 0 saturated carbocycles. The number of aliphatic hydroxyl groups excluding tert-OH is 1. The number of hydrogen-bond acceptors (Lipinski definition) is 11. The number of phenolic OH excluding ortho intramolecular Hbond substituents is 1. The fourth-order valence-electron chi connectivity index (χ4n) is 6.18. The number of aryl methyl sites for hydroxylation is 1. The highest BCUT2D eigenvalue weighted by Gasteiger charge is 2.33. The van der Waals surface area contributed by atoms with Gasteiger partial charge < -0.3 is 25.0 Å². The van der Waals surface area contributed by atoms with E-state index in [1.54, 1.807) is 65.3 Å². The lowest BCUT2D eigenvalue weighted by Gasteiger charge is -2.36. The maximum Gasteiger partial charge on any atom is 0.242 e. The molecule has 0 unspecified atom stereocenters. The van der Waals surface area contributed by atoms with Crippen LogP contribution in [0.2, 0.25) is 0 Å². The molecule has 1 aromatic heterocycles. The summed E-state index contributed by atoms with van der Waals surface area (Å²) >= 11 is 1.43. The van der Waals surface area contributed by atoms with Crippen LogP contribution in [0.1, 0.15) is 46.6 Å². The first-order valence-electron chi connectivity index (χ1n) is 17.9. The van der Waals surface area contributed by atoms with Gasteiger partial charge >= 0.3 is 0 Å². The number of tetrazole rings is 1. The highest BCUT2D eigenvalue weighted by Crippen LogP contribution is 2.39. The lowest BCUT2D eigenvalue weighted by atomic mass is 10.0. The Bertz CT molecular complexity index is 2330. The quantitative estimate of drug-likeness (QED) is 0.0947. The number of anilines is 1. The summed E-state index contributed by atoms with van der Waals surface area (Å²) in [6.07, 6.45) is -0.702. The molecule has 0 bridgehead atoms. The Kier molecular flexibility index (Phi) is 12.2. The summed E-state index contributed by atoms with van der Waals surface area (Å²) in [7, 11) is -4.01. The van der Waals surface area contributed by atoms with Crippen LogP contribution in [0.15, 0.2) is 137 Å². The smallest absolute Gasteiger partial charge is 0.242 e. The number of rotatable bonds is 14. The van der Waals surface area contributed by atoms with Crippen LogP contribution >= 0.6 is 11.8 Å². The summed E-state index contributed by atoms with van der Waals surface area (Å²) in [6.45, 7) is 1.80. The average Bonchev–Trinajstić information content (AvgIpc) is 3.69. The van der Waals surface area contributed by atoms with Crippen molar-refractivity contribution in [2.24, 2.45) is 0 Å². The van der Waals surface area contributed by atoms with Crippen LogP contribution in [0, 0.1) is 6.92 Å². The summed E-state index contributed by atoms with van der Waals surface area (Å²) in [5.74, 6) is 0.124. The van der Waals surface area contributed by atoms with Gasteiger partial charge in [0.1, 0.15) is 11.8 Å². The van der Waals surface area contributed by atoms with Crippen molar-refractivity contribution >= 4 is 33.4 Å². The molecule has 1 aliphatic rings. The van der Waals surface area contributed by atoms with Gasteiger partial charge in [-0.25, -0.2) is 8.42 Å². The zero-order valence-electron chi connectivity index (χ0n) is 30.3. The van der Waals surface area contributed by atoms with Crippen LogP contribution in [-0.4, -0.2) is 62.6 Å². The van der Waals surface area contributed by atoms with Crippen molar-refractivity contribution in [1.82, 2.24) is 24.9 Å². The summed E-state index contributed by atoms with van der Waals surface area (Å²) in [6, 6.07) is 35.8. The van der Waals surface area contributed by atoms with Crippen LogP contribution < -0.4 is 10.0 Å². The molecule has 4 N–H and O–H groups in total. The zero-order valence-corrected chi connectivity index (χ0v) is 31.9. The summed E-state index contributed by atoms with van der Waals surface area (Å²) in [4.78, 5) is 13.8. The van der Waals surface area contributed by atoms with E-state index in [2.05, 4.69) is 25.6 Å². The molecule has 288 valence electrons. The van der Waals surface area contributed by atoms with E-state index in [1.807, 2.05) is 61.5 Å². The lowest BCUT2D eigenvalue weighted by molar-refractivity contribution is -0.245. The van der Waals surface area contributed by atoms with E-state index in [0.717, 1.165) is 22.3 Å². The van der Waals surface area contributed by atoms with E-state index >= 15 is 0 Å². The Morgan fingerprint density at radius 1 is 0.875 bits per heavy atom. The zero-order chi connectivity index (χ0) is 39.1. The van der Waals surface area contributed by atoms with Gasteiger partial charge in [-0.2, -0.15) is 9.40 Å². The fourth-order valence-corrected chi connectivity index (χ4v) is 8.28. The maximum atomic E-state index is 13.7. The number of aromatic hydroxyl groups is 1. The second kappa shape index (κ2) is 17.6. The van der Waals surface area contributed by atoms with Crippen molar-refractivity contribution < 1.29 is 32.9 Å². The predicted molar refractivity (Wildman–Crippen MR) is 210 cm³/mol. The van der Waals surface area contributed by atoms with Gasteiger partial charge in [-0.05, 0) is 89.0 Å². The van der Waals surface area contributed by atoms with Crippen molar-refractivity contribution in [2.45, 2.75) is 61.0 Å². The van der Waals surface area contributed by atoms with E-state index in [9.17, 15) is 23.4 Å². The monoisotopic (exact) mass is 792 g/mol. The van der Waals surface area contributed by atoms with Gasteiger partial charge in [0.2, 0.25) is 21.1 Å². The molecule has 5 aromatic carbocycles. The minimum atomic E-state index is -4.01. The van der Waals surface area contributed by atoms with Crippen LogP contribution in [0.25, 0.3) is 5.69 Å². The molecule has 7 rings (SSSR count). The Morgan fingerprint density at radius 3 is 2.27 bits per heavy atom. The number of nitrogens with zero attached hydrogens (tertiary/aromatic N) is 4. The highest BCUT2D eigenvalue weighted by molar-refractivity contribution is 7.99. The first-order valence-corrected chi connectivity index (χ1v) is 20.4. The SMILES string of the molecule is Cc1ccc(S(=O)(=O)N[C@H](Cc2ccccc2)C(=O)Nc2ccc([C@@H]3O[C@H](CSc4nnnn4-c4ccc(O)cc4)C[C@H](c4ccc(CO)cc4)O3)cc2)cc1. The van der Waals surface area contributed by atoms with Crippen molar-refractivity contribution in [3.63, 3.8) is 0 Å². The summed E-state index contributed by atoms with van der Waals surface area (Å²) in [5.41, 5.74) is 5.31. The third-order valence-electron chi connectivity index (χ3n) is 9.23. The number of thioether (sulfide) groups is 1. The van der Waals surface area contributed by atoms with Gasteiger partial charge in [0.05, 0.1) is 29.4 Å². The fraction of sp³-hybridized carbons (Fsp3) is 0.220. The minimum Gasteiger partial charge on any atom is -0.508 e. The molecule has 56 heavy (non-hydrogen) atoms. The number of aromatic nitrogens is 4. The van der Waals surface area contributed by atoms with Gasteiger partial charge in [-0.15, -0.1) is 5.10 Å². The summed E-state index contributed by atoms with van der Waals surface area (Å²) < 4.78 is 43.9. The van der Waals surface area contributed by atoms with Crippen molar-refractivity contribution in [3.8, 4) is 11.4 Å². The molecule has 15 heteroatoms. The highest BCUT2D eigenvalue weighted by atomic mass is 32.2. The van der Waals surface area contributed by atoms with E-state index in [1.165, 1.54) is 23.9 Å². The number of hydrogen-bond donors (Lipinski definition) is 4. The number of aliphatic hydroxyl groups is 1. The number of amides is 1. The Labute approximate surface area is 328 Å². The van der Waals surface area contributed by atoms with Gasteiger partial charge in [-0.1, -0.05) is 96.2 Å². The molecule has 0 aliphatic carbocycles. The maximum absolute atomic E-state index is 13.7. The molecule has 13 nitrogen and oxygen atoms in total. The van der Waals surface area contributed by atoms with Crippen LogP contribution in [0.4, 0.5) is 5.69 Å². The van der Waals surface area contributed by atoms with Gasteiger partial charge in [0.15, 0.2) is 6.29 Å². The number of carbonyl (C=O) groups is 1. The van der Waals surface area contributed by atoms with Gasteiger partial charge in [0.25, 0.3) is 0 Å². The summed E-state index contributed by atoms with van der Waals surface area (Å²) in [5, 5.41) is 34.9. The van der Waals surface area contributed by atoms with Crippen molar-refractivity contribution in [2.75, 3.05) is 11.1 Å². The molecule has 1 saturated heterocycles. The Balaban J connectivity index is 1.07. The third kappa shape index (κ3) is 9.68. The lowest BCUT2D eigenvalue weighted by Crippen LogP contribution is -2.45. The molecule has 2 heterocycles. The van der Waals surface area contributed by atoms with E-state index < -0.39 is 28.3 Å². The van der Waals surface area contributed by atoms with Crippen LogP contribution in [0.3, 0.4) is 0 Å². The average molecular weight is 793 g/mol. The normalized spacial score (nSPS) is 17.6. The number of carbonyl (C=O) groups excluding carboxylic acids is 1. The van der Waals surface area contributed by atoms with E-state index in [0.29, 0.717) is 34.3 Å². The number of ether oxygens (including phenoxy) is 2. The Hall–Kier alpha value is -5.42. The largest absolute Gasteiger partial charge is 0.508 e. The van der Waals surface area contributed by atoms with Crippen LogP contribution in [-0.2, 0) is 37.3 Å². The molecule has 1 amide bonds. The van der Waals surface area contributed by atoms with E-state index in [-0.39, 0.29) is 35.9 Å². The Morgan fingerprint density at radius 2 is 1.57 bits per heavy atom. The molecule has 6 aromatic rings. The van der Waals surface area contributed by atoms with Crippen molar-refractivity contribution in [3.05, 3.63) is 155 Å². The third-order valence-corrected chi connectivity index (χ3v) is 11.8. The first kappa shape index (κ1) is 38.8. The second-order valence-corrected chi connectivity index (χ2v) is 16.0. The second-order valence-electron chi connectivity index (χ2n) is 13.3. The van der Waals surface area contributed by atoms with Gasteiger partial charge in [-0.3, -0.25) is 4.79 Å². The minimum absolute atomic E-state index is 0.0684. The topological polar surface area (TPSA) is 178 Å². The first-order chi connectivity index (χ1) is 27.1. The van der Waals surface area contributed by atoms with Crippen molar-refractivity contribution in [1.29, 1.82) is 0 Å². The van der Waals surface area contributed by atoms with Crippen LogP contribution in [0.5, 0.6) is 5.75 Å². The number of phenols is 1. The molecule has 0 spiro atoms. The molecular formula is C41H40N6O7S2. The molecule has 0 radical (unpaired) electrons. The van der Waals surface area contributed by atoms with Gasteiger partial charge in [0, 0.05) is 23.4 Å². The predicted octanol–water partition coefficient (Wildman–Crippen LogP) is 6.03. The number of sulfonamides is 1.